The molecule has 0 saturated heterocycles. The Labute approximate surface area is 357 Å². The van der Waals surface area contributed by atoms with Crippen LogP contribution in [0.4, 0.5) is 0 Å². The predicted octanol–water partition coefficient (Wildman–Crippen LogP) is 18.5. The van der Waals surface area contributed by atoms with Gasteiger partial charge in [-0.1, -0.05) is 244 Å². The Balaban J connectivity index is 3.87. The van der Waals surface area contributed by atoms with Gasteiger partial charge < -0.3 is 9.84 Å². The molecule has 0 aromatic carbocycles. The summed E-state index contributed by atoms with van der Waals surface area (Å²) in [6.07, 6.45) is 62.7. The van der Waals surface area contributed by atoms with Crippen LogP contribution in [0.5, 0.6) is 0 Å². The van der Waals surface area contributed by atoms with Gasteiger partial charge in [0, 0.05) is 12.8 Å². The summed E-state index contributed by atoms with van der Waals surface area (Å²) >= 11 is 0. The van der Waals surface area contributed by atoms with Crippen LogP contribution in [0.25, 0.3) is 0 Å². The van der Waals surface area contributed by atoms with Gasteiger partial charge in [-0.3, -0.25) is 9.59 Å². The quantitative estimate of drug-likeness (QED) is 0.0378. The normalized spacial score (nSPS) is 12.2. The molecular weight excluding hydrogens is 701 g/mol. The Hall–Kier alpha value is -1.32. The number of ether oxygens (including phenoxy) is 1. The van der Waals surface area contributed by atoms with Crippen molar-refractivity contribution in [2.45, 2.75) is 315 Å². The number of aliphatic carboxylic acids is 1. The van der Waals surface area contributed by atoms with Crippen LogP contribution < -0.4 is 0 Å². The van der Waals surface area contributed by atoms with E-state index in [2.05, 4.69) is 26.0 Å². The van der Waals surface area contributed by atoms with Gasteiger partial charge in [0.1, 0.15) is 6.10 Å². The van der Waals surface area contributed by atoms with Crippen molar-refractivity contribution in [2.75, 3.05) is 0 Å². The highest BCUT2D eigenvalue weighted by Crippen LogP contribution is 2.20. The lowest BCUT2D eigenvalue weighted by Crippen LogP contribution is -2.18. The lowest BCUT2D eigenvalue weighted by Gasteiger charge is -2.18. The molecule has 4 nitrogen and oxygen atoms in total. The van der Waals surface area contributed by atoms with Crippen LogP contribution in [0.15, 0.2) is 12.2 Å². The number of allylic oxidation sites excluding steroid dienone is 2. The third kappa shape index (κ3) is 48.9. The smallest absolute Gasteiger partial charge is 0.306 e. The van der Waals surface area contributed by atoms with Crippen LogP contribution in [-0.2, 0) is 14.3 Å². The zero-order valence-electron chi connectivity index (χ0n) is 38.9. The SMILES string of the molecule is CCCCCCCCCC/C=C\CCCCCCCCCCCCCC(=O)OC(CCCCCCCCCCCCCCCCCC)CCCCCCCC(=O)O. The van der Waals surface area contributed by atoms with E-state index in [0.717, 1.165) is 64.2 Å². The van der Waals surface area contributed by atoms with E-state index in [0.29, 0.717) is 6.42 Å². The maximum absolute atomic E-state index is 12.8. The molecule has 0 heterocycles. The van der Waals surface area contributed by atoms with Gasteiger partial charge in [-0.25, -0.2) is 0 Å². The molecule has 1 unspecified atom stereocenters. The van der Waals surface area contributed by atoms with E-state index in [4.69, 9.17) is 9.84 Å². The zero-order valence-corrected chi connectivity index (χ0v) is 38.9. The van der Waals surface area contributed by atoms with Crippen LogP contribution in [0.3, 0.4) is 0 Å². The minimum Gasteiger partial charge on any atom is -0.481 e. The highest BCUT2D eigenvalue weighted by Gasteiger charge is 2.14. The molecule has 4 heteroatoms. The molecule has 0 aliphatic rings. The van der Waals surface area contributed by atoms with Gasteiger partial charge in [0.2, 0.25) is 0 Å². The summed E-state index contributed by atoms with van der Waals surface area (Å²) in [5.74, 6) is -0.684. The number of carboxylic acids is 1. The van der Waals surface area contributed by atoms with Crippen LogP contribution in [0.1, 0.15) is 309 Å². The molecule has 0 radical (unpaired) electrons. The van der Waals surface area contributed by atoms with Crippen molar-refractivity contribution in [2.24, 2.45) is 0 Å². The average molecular weight is 803 g/mol. The lowest BCUT2D eigenvalue weighted by molar-refractivity contribution is -0.150. The Morgan fingerprint density at radius 2 is 0.632 bits per heavy atom. The number of hydrogen-bond acceptors (Lipinski definition) is 3. The van der Waals surface area contributed by atoms with Crippen molar-refractivity contribution in [1.82, 2.24) is 0 Å². The first-order valence-corrected chi connectivity index (χ1v) is 26.2. The van der Waals surface area contributed by atoms with E-state index in [1.165, 1.54) is 218 Å². The van der Waals surface area contributed by atoms with E-state index in [1.807, 2.05) is 0 Å². The molecule has 0 bridgehead atoms. The van der Waals surface area contributed by atoms with Crippen molar-refractivity contribution < 1.29 is 19.4 Å². The first-order valence-electron chi connectivity index (χ1n) is 26.2. The second-order valence-corrected chi connectivity index (χ2v) is 18.1. The summed E-state index contributed by atoms with van der Waals surface area (Å²) in [7, 11) is 0. The summed E-state index contributed by atoms with van der Waals surface area (Å²) in [4.78, 5) is 23.6. The van der Waals surface area contributed by atoms with Crippen molar-refractivity contribution in [3.63, 3.8) is 0 Å². The van der Waals surface area contributed by atoms with Crippen molar-refractivity contribution in [3.05, 3.63) is 12.2 Å². The summed E-state index contributed by atoms with van der Waals surface area (Å²) in [6.45, 7) is 4.58. The Morgan fingerprint density at radius 3 is 0.947 bits per heavy atom. The van der Waals surface area contributed by atoms with E-state index in [1.54, 1.807) is 0 Å². The van der Waals surface area contributed by atoms with Gasteiger partial charge in [0.15, 0.2) is 0 Å². The van der Waals surface area contributed by atoms with E-state index in [-0.39, 0.29) is 18.5 Å². The number of carboxylic acid groups (broad SMARTS) is 1. The van der Waals surface area contributed by atoms with Gasteiger partial charge in [-0.2, -0.15) is 0 Å². The summed E-state index contributed by atoms with van der Waals surface area (Å²) in [5.41, 5.74) is 0. The molecule has 0 aliphatic carbocycles. The molecule has 0 rings (SSSR count). The highest BCUT2D eigenvalue weighted by atomic mass is 16.5. The maximum atomic E-state index is 12.8. The third-order valence-electron chi connectivity index (χ3n) is 12.2. The van der Waals surface area contributed by atoms with Crippen LogP contribution >= 0.6 is 0 Å². The Kier molecular flexibility index (Phi) is 47.9. The van der Waals surface area contributed by atoms with Gasteiger partial charge in [-0.05, 0) is 64.2 Å². The maximum Gasteiger partial charge on any atom is 0.306 e. The molecule has 1 atom stereocenters. The van der Waals surface area contributed by atoms with Crippen molar-refractivity contribution in [1.29, 1.82) is 0 Å². The van der Waals surface area contributed by atoms with E-state index in [9.17, 15) is 9.59 Å². The predicted molar refractivity (Wildman–Crippen MR) is 250 cm³/mol. The fraction of sp³-hybridized carbons (Fsp3) is 0.925. The van der Waals surface area contributed by atoms with E-state index >= 15 is 0 Å². The molecule has 338 valence electrons. The lowest BCUT2D eigenvalue weighted by atomic mass is 10.0. The van der Waals surface area contributed by atoms with Crippen LogP contribution in [0.2, 0.25) is 0 Å². The minimum absolute atomic E-state index is 0.0111. The molecule has 0 spiro atoms. The molecule has 0 saturated carbocycles. The molecule has 57 heavy (non-hydrogen) atoms. The molecule has 0 amide bonds. The second-order valence-electron chi connectivity index (χ2n) is 18.1. The monoisotopic (exact) mass is 803 g/mol. The molecule has 1 N–H and O–H groups in total. The number of rotatable bonds is 49. The number of esters is 1. The highest BCUT2D eigenvalue weighted by molar-refractivity contribution is 5.69. The molecule has 0 fully saturated rings. The molecular formula is C53H102O4. The van der Waals surface area contributed by atoms with Gasteiger partial charge >= 0.3 is 11.9 Å². The number of unbranched alkanes of at least 4 members (excludes halogenated alkanes) is 38. The van der Waals surface area contributed by atoms with E-state index < -0.39 is 5.97 Å². The van der Waals surface area contributed by atoms with Gasteiger partial charge in [-0.15, -0.1) is 0 Å². The zero-order chi connectivity index (χ0) is 41.4. The molecule has 0 aromatic heterocycles. The summed E-state index contributed by atoms with van der Waals surface area (Å²) in [5, 5.41) is 8.88. The standard InChI is InChI=1S/C53H102O4/c1-3-5-7-9-11-13-15-17-19-21-22-23-24-25-26-27-29-31-33-35-37-42-46-50-53(56)57-51(48-44-40-38-41-45-49-52(54)55)47-43-39-36-34-32-30-28-20-18-16-14-12-10-8-6-4-2/h21-22,51H,3-20,23-50H2,1-2H3,(H,54,55)/b22-21-. The summed E-state index contributed by atoms with van der Waals surface area (Å²) in [6, 6.07) is 0. The summed E-state index contributed by atoms with van der Waals surface area (Å²) < 4.78 is 6.06. The topological polar surface area (TPSA) is 63.6 Å². The van der Waals surface area contributed by atoms with Crippen LogP contribution in [0, 0.1) is 0 Å². The van der Waals surface area contributed by atoms with Gasteiger partial charge in [0.05, 0.1) is 0 Å². The fourth-order valence-corrected chi connectivity index (χ4v) is 8.36. The average Bonchev–Trinajstić information content (AvgIpc) is 3.20. The van der Waals surface area contributed by atoms with Crippen molar-refractivity contribution >= 4 is 11.9 Å². The fourth-order valence-electron chi connectivity index (χ4n) is 8.36. The second kappa shape index (κ2) is 49.0. The largest absolute Gasteiger partial charge is 0.481 e. The molecule has 0 aromatic rings. The van der Waals surface area contributed by atoms with Crippen molar-refractivity contribution in [3.8, 4) is 0 Å². The Morgan fingerprint density at radius 1 is 0.368 bits per heavy atom. The third-order valence-corrected chi connectivity index (χ3v) is 12.2. The number of carbonyl (C=O) groups excluding carboxylic acids is 1. The van der Waals surface area contributed by atoms with Crippen LogP contribution in [-0.4, -0.2) is 23.1 Å². The minimum atomic E-state index is -0.695. The number of hydrogen-bond donors (Lipinski definition) is 1. The van der Waals surface area contributed by atoms with Gasteiger partial charge in [0.25, 0.3) is 0 Å². The first-order chi connectivity index (χ1) is 28.1. The molecule has 0 aliphatic heterocycles. The first kappa shape index (κ1) is 55.7. The number of carbonyl (C=O) groups is 2. The Bertz CT molecular complexity index is 822.